The topological polar surface area (TPSA) is 50.8 Å². The maximum Gasteiger partial charge on any atom is 0.249 e. The van der Waals surface area contributed by atoms with Crippen molar-refractivity contribution in [3.63, 3.8) is 0 Å². The molecular weight excluding hydrogens is 268 g/mol. The Kier molecular flexibility index (Phi) is 5.14. The summed E-state index contributed by atoms with van der Waals surface area (Å²) >= 11 is 0. The summed E-state index contributed by atoms with van der Waals surface area (Å²) in [6, 6.07) is 0. The minimum absolute atomic E-state index is 0.0962. The van der Waals surface area contributed by atoms with Crippen molar-refractivity contribution in [1.29, 1.82) is 0 Å². The van der Waals surface area contributed by atoms with Gasteiger partial charge in [0, 0.05) is 26.3 Å². The van der Waals surface area contributed by atoms with Crippen LogP contribution in [0.5, 0.6) is 0 Å². The first kappa shape index (κ1) is 15.3. The smallest absolute Gasteiger partial charge is 0.249 e. The Labute approximate surface area is 127 Å². The van der Waals surface area contributed by atoms with Gasteiger partial charge in [-0.2, -0.15) is 0 Å². The molecule has 0 radical (unpaired) electrons. The van der Waals surface area contributed by atoms with E-state index in [4.69, 9.17) is 9.47 Å². The van der Waals surface area contributed by atoms with Crippen molar-refractivity contribution in [3.8, 4) is 0 Å². The summed E-state index contributed by atoms with van der Waals surface area (Å²) in [5.74, 6) is 1.24. The molecule has 3 aliphatic rings. The van der Waals surface area contributed by atoms with E-state index in [1.807, 2.05) is 0 Å². The van der Waals surface area contributed by atoms with Crippen LogP contribution in [0.3, 0.4) is 0 Å². The SMILES string of the molecule is CCN1CC[C@@H]2C[C@@H](C(=O)NCC3CCOCC3)O[C@H]2C1. The van der Waals surface area contributed by atoms with E-state index in [-0.39, 0.29) is 18.1 Å². The van der Waals surface area contributed by atoms with E-state index < -0.39 is 0 Å². The van der Waals surface area contributed by atoms with E-state index in [2.05, 4.69) is 17.1 Å². The minimum Gasteiger partial charge on any atom is -0.381 e. The van der Waals surface area contributed by atoms with Gasteiger partial charge in [-0.05, 0) is 50.6 Å². The average Bonchev–Trinajstić information content (AvgIpc) is 2.96. The first-order valence-electron chi connectivity index (χ1n) is 8.49. The molecule has 0 spiro atoms. The predicted octanol–water partition coefficient (Wildman–Crippen LogP) is 1.03. The highest BCUT2D eigenvalue weighted by Crippen LogP contribution is 2.33. The molecule has 1 N–H and O–H groups in total. The molecular formula is C16H28N2O3. The van der Waals surface area contributed by atoms with Gasteiger partial charge in [0.25, 0.3) is 0 Å². The van der Waals surface area contributed by atoms with Crippen molar-refractivity contribution in [2.45, 2.75) is 44.8 Å². The molecule has 3 heterocycles. The highest BCUT2D eigenvalue weighted by Gasteiger charge is 2.41. The number of hydrogen-bond acceptors (Lipinski definition) is 4. The van der Waals surface area contributed by atoms with Crippen LogP contribution in [0.1, 0.15) is 32.6 Å². The highest BCUT2D eigenvalue weighted by atomic mass is 16.5. The first-order valence-corrected chi connectivity index (χ1v) is 8.49. The van der Waals surface area contributed by atoms with Crippen LogP contribution in [-0.2, 0) is 14.3 Å². The van der Waals surface area contributed by atoms with E-state index >= 15 is 0 Å². The van der Waals surface area contributed by atoms with E-state index in [1.54, 1.807) is 0 Å². The summed E-state index contributed by atoms with van der Waals surface area (Å²) in [4.78, 5) is 14.7. The van der Waals surface area contributed by atoms with E-state index in [1.165, 1.54) is 6.42 Å². The van der Waals surface area contributed by atoms with Crippen LogP contribution >= 0.6 is 0 Å². The Morgan fingerprint density at radius 1 is 1.29 bits per heavy atom. The average molecular weight is 296 g/mol. The summed E-state index contributed by atoms with van der Waals surface area (Å²) < 4.78 is 11.4. The Balaban J connectivity index is 1.43. The summed E-state index contributed by atoms with van der Waals surface area (Å²) in [5, 5.41) is 3.10. The predicted molar refractivity (Wildman–Crippen MR) is 80.1 cm³/mol. The molecule has 3 atom stereocenters. The zero-order valence-corrected chi connectivity index (χ0v) is 13.1. The Morgan fingerprint density at radius 2 is 2.10 bits per heavy atom. The van der Waals surface area contributed by atoms with E-state index in [0.717, 1.165) is 58.7 Å². The number of ether oxygens (including phenoxy) is 2. The number of nitrogens with zero attached hydrogens (tertiary/aromatic N) is 1. The zero-order valence-electron chi connectivity index (χ0n) is 13.1. The maximum atomic E-state index is 12.3. The third-order valence-electron chi connectivity index (χ3n) is 5.28. The number of rotatable bonds is 4. The number of carbonyl (C=O) groups is 1. The lowest BCUT2D eigenvalue weighted by atomic mass is 9.91. The van der Waals surface area contributed by atoms with Crippen LogP contribution in [-0.4, -0.2) is 62.4 Å². The minimum atomic E-state index is -0.225. The standard InChI is InChI=1S/C16H28N2O3/c1-2-18-6-3-13-9-14(21-15(13)11-18)16(19)17-10-12-4-7-20-8-5-12/h12-15H,2-11H2,1H3,(H,17,19)/t13-,14+,15+/m1/s1. The van der Waals surface area contributed by atoms with Crippen LogP contribution in [0.2, 0.25) is 0 Å². The molecule has 3 saturated heterocycles. The van der Waals surface area contributed by atoms with Gasteiger partial charge in [0.2, 0.25) is 5.91 Å². The molecule has 1 amide bonds. The molecule has 0 saturated carbocycles. The van der Waals surface area contributed by atoms with Crippen LogP contribution < -0.4 is 5.32 Å². The Bertz CT molecular complexity index is 357. The molecule has 0 unspecified atom stereocenters. The molecule has 3 fully saturated rings. The summed E-state index contributed by atoms with van der Waals surface area (Å²) in [5.41, 5.74) is 0. The molecule has 0 aromatic rings. The molecule has 0 aliphatic carbocycles. The van der Waals surface area contributed by atoms with Crippen molar-refractivity contribution < 1.29 is 14.3 Å². The third-order valence-corrected chi connectivity index (χ3v) is 5.28. The third kappa shape index (κ3) is 3.76. The van der Waals surface area contributed by atoms with Gasteiger partial charge in [0.1, 0.15) is 6.10 Å². The number of nitrogens with one attached hydrogen (secondary N) is 1. The molecule has 5 nitrogen and oxygen atoms in total. The quantitative estimate of drug-likeness (QED) is 0.842. The van der Waals surface area contributed by atoms with Gasteiger partial charge in [-0.1, -0.05) is 6.92 Å². The van der Waals surface area contributed by atoms with Crippen molar-refractivity contribution in [2.24, 2.45) is 11.8 Å². The molecule has 0 bridgehead atoms. The molecule has 0 aromatic carbocycles. The van der Waals surface area contributed by atoms with Crippen molar-refractivity contribution in [2.75, 3.05) is 39.4 Å². The number of carbonyl (C=O) groups excluding carboxylic acids is 1. The van der Waals surface area contributed by atoms with Crippen molar-refractivity contribution in [1.82, 2.24) is 10.2 Å². The number of likely N-dealkylation sites (N-methyl/N-ethyl adjacent to an activating group) is 1. The van der Waals surface area contributed by atoms with Gasteiger partial charge in [0.05, 0.1) is 6.10 Å². The maximum absolute atomic E-state index is 12.3. The van der Waals surface area contributed by atoms with Crippen LogP contribution in [0, 0.1) is 11.8 Å². The van der Waals surface area contributed by atoms with Crippen LogP contribution in [0.4, 0.5) is 0 Å². The lowest BCUT2D eigenvalue weighted by molar-refractivity contribution is -0.133. The zero-order chi connectivity index (χ0) is 14.7. The van der Waals surface area contributed by atoms with Gasteiger partial charge < -0.3 is 19.7 Å². The second-order valence-electron chi connectivity index (χ2n) is 6.64. The van der Waals surface area contributed by atoms with Gasteiger partial charge in [-0.15, -0.1) is 0 Å². The van der Waals surface area contributed by atoms with Crippen LogP contribution in [0.15, 0.2) is 0 Å². The Hall–Kier alpha value is -0.650. The molecule has 5 heteroatoms. The molecule has 21 heavy (non-hydrogen) atoms. The van der Waals surface area contributed by atoms with E-state index in [0.29, 0.717) is 11.8 Å². The molecule has 0 aromatic heterocycles. The lowest BCUT2D eigenvalue weighted by Gasteiger charge is -2.33. The fraction of sp³-hybridized carbons (Fsp3) is 0.938. The second-order valence-corrected chi connectivity index (χ2v) is 6.64. The van der Waals surface area contributed by atoms with Crippen molar-refractivity contribution >= 4 is 5.91 Å². The highest BCUT2D eigenvalue weighted by molar-refractivity contribution is 5.81. The summed E-state index contributed by atoms with van der Waals surface area (Å²) in [7, 11) is 0. The Morgan fingerprint density at radius 3 is 2.86 bits per heavy atom. The van der Waals surface area contributed by atoms with Gasteiger partial charge in [-0.25, -0.2) is 0 Å². The number of fused-ring (bicyclic) bond motifs is 1. The van der Waals surface area contributed by atoms with Crippen LogP contribution in [0.25, 0.3) is 0 Å². The monoisotopic (exact) mass is 296 g/mol. The van der Waals surface area contributed by atoms with Crippen molar-refractivity contribution in [3.05, 3.63) is 0 Å². The normalized spacial score (nSPS) is 34.6. The van der Waals surface area contributed by atoms with E-state index in [9.17, 15) is 4.79 Å². The van der Waals surface area contributed by atoms with Gasteiger partial charge in [-0.3, -0.25) is 4.79 Å². The largest absolute Gasteiger partial charge is 0.381 e. The second kappa shape index (κ2) is 7.07. The lowest BCUT2D eigenvalue weighted by Crippen LogP contribution is -2.42. The molecule has 3 rings (SSSR count). The molecule has 120 valence electrons. The number of hydrogen-bond donors (Lipinski definition) is 1. The summed E-state index contributed by atoms with van der Waals surface area (Å²) in [6.45, 7) is 7.84. The first-order chi connectivity index (χ1) is 10.3. The summed E-state index contributed by atoms with van der Waals surface area (Å²) in [6.07, 6.45) is 4.23. The fourth-order valence-electron chi connectivity index (χ4n) is 3.76. The number of piperidine rings is 1. The molecule has 3 aliphatic heterocycles. The number of likely N-dealkylation sites (tertiary alicyclic amines) is 1. The van der Waals surface area contributed by atoms with Gasteiger partial charge in [0.15, 0.2) is 0 Å². The fourth-order valence-corrected chi connectivity index (χ4v) is 3.76. The van der Waals surface area contributed by atoms with Gasteiger partial charge >= 0.3 is 0 Å². The number of amides is 1.